The van der Waals surface area contributed by atoms with E-state index in [9.17, 15) is 0 Å². The molecule has 0 saturated heterocycles. The highest BCUT2D eigenvalue weighted by Gasteiger charge is 2.17. The molecule has 90 valence electrons. The predicted molar refractivity (Wildman–Crippen MR) is 66.7 cm³/mol. The van der Waals surface area contributed by atoms with Crippen LogP contribution < -0.4 is 5.32 Å². The predicted octanol–water partition coefficient (Wildman–Crippen LogP) is 2.57. The van der Waals surface area contributed by atoms with Gasteiger partial charge in [0.25, 0.3) is 0 Å². The lowest BCUT2D eigenvalue weighted by Gasteiger charge is -2.25. The topological polar surface area (TPSA) is 61.6 Å². The van der Waals surface area contributed by atoms with Crippen LogP contribution >= 0.6 is 0 Å². The lowest BCUT2D eigenvalue weighted by Crippen LogP contribution is -2.17. The maximum Gasteiger partial charge on any atom is 0.166 e. The highest BCUT2D eigenvalue weighted by molar-refractivity contribution is 5.55. The summed E-state index contributed by atoms with van der Waals surface area (Å²) in [6, 6.07) is 2.21. The monoisotopic (exact) mass is 230 g/mol. The Morgan fingerprint density at radius 1 is 1.35 bits per heavy atom. The Hall–Kier alpha value is -1.63. The first-order chi connectivity index (χ1) is 8.22. The summed E-state index contributed by atoms with van der Waals surface area (Å²) in [5.74, 6) is 1.50. The van der Waals surface area contributed by atoms with Crippen LogP contribution in [-0.2, 0) is 0 Å². The van der Waals surface area contributed by atoms with Gasteiger partial charge >= 0.3 is 0 Å². The zero-order valence-corrected chi connectivity index (χ0v) is 10.5. The average Bonchev–Trinajstić information content (AvgIpc) is 2.27. The van der Waals surface area contributed by atoms with E-state index in [0.29, 0.717) is 11.4 Å². The first kappa shape index (κ1) is 11.8. The van der Waals surface area contributed by atoms with Crippen LogP contribution in [0.4, 0.5) is 5.82 Å². The molecule has 4 heteroatoms. The van der Waals surface area contributed by atoms with Gasteiger partial charge in [-0.1, -0.05) is 19.3 Å². The number of nitriles is 1. The number of aryl methyl sites for hydroxylation is 1. The molecule has 0 amide bonds. The van der Waals surface area contributed by atoms with Crippen LogP contribution in [0.25, 0.3) is 0 Å². The van der Waals surface area contributed by atoms with E-state index in [2.05, 4.69) is 21.6 Å². The summed E-state index contributed by atoms with van der Waals surface area (Å²) < 4.78 is 0. The van der Waals surface area contributed by atoms with E-state index in [4.69, 9.17) is 5.26 Å². The molecule has 1 heterocycles. The summed E-state index contributed by atoms with van der Waals surface area (Å²) in [5, 5.41) is 20.5. The van der Waals surface area contributed by atoms with E-state index in [0.717, 1.165) is 23.7 Å². The van der Waals surface area contributed by atoms with Gasteiger partial charge in [0.05, 0.1) is 5.69 Å². The minimum absolute atomic E-state index is 0.631. The molecule has 2 rings (SSSR count). The number of aromatic nitrogens is 2. The van der Waals surface area contributed by atoms with E-state index in [1.54, 1.807) is 0 Å². The van der Waals surface area contributed by atoms with Crippen molar-refractivity contribution in [2.75, 3.05) is 11.9 Å². The van der Waals surface area contributed by atoms with Gasteiger partial charge in [0, 0.05) is 6.54 Å². The van der Waals surface area contributed by atoms with E-state index in [1.807, 2.05) is 13.8 Å². The zero-order valence-electron chi connectivity index (χ0n) is 10.5. The molecule has 0 radical (unpaired) electrons. The van der Waals surface area contributed by atoms with Gasteiger partial charge in [0.15, 0.2) is 5.82 Å². The second-order valence-corrected chi connectivity index (χ2v) is 4.76. The summed E-state index contributed by atoms with van der Waals surface area (Å²) >= 11 is 0. The van der Waals surface area contributed by atoms with Crippen molar-refractivity contribution in [3.63, 3.8) is 0 Å². The van der Waals surface area contributed by atoms with Crippen molar-refractivity contribution in [3.8, 4) is 6.07 Å². The molecule has 1 saturated carbocycles. The van der Waals surface area contributed by atoms with Gasteiger partial charge in [0.1, 0.15) is 11.6 Å². The molecule has 0 unspecified atom stereocenters. The summed E-state index contributed by atoms with van der Waals surface area (Å²) in [6.45, 7) is 4.68. The van der Waals surface area contributed by atoms with Gasteiger partial charge in [-0.2, -0.15) is 10.4 Å². The third kappa shape index (κ3) is 2.55. The first-order valence-electron chi connectivity index (χ1n) is 6.20. The van der Waals surface area contributed by atoms with Crippen molar-refractivity contribution in [2.24, 2.45) is 5.92 Å². The molecule has 0 atom stereocenters. The van der Waals surface area contributed by atoms with Crippen LogP contribution in [0.2, 0.25) is 0 Å². The molecular weight excluding hydrogens is 212 g/mol. The molecule has 1 N–H and O–H groups in total. The smallest absolute Gasteiger partial charge is 0.166 e. The first-order valence-corrected chi connectivity index (χ1v) is 6.20. The molecule has 1 aliphatic rings. The normalized spacial score (nSPS) is 15.1. The Kier molecular flexibility index (Phi) is 3.58. The number of hydrogen-bond donors (Lipinski definition) is 1. The lowest BCUT2D eigenvalue weighted by molar-refractivity contribution is 0.303. The third-order valence-electron chi connectivity index (χ3n) is 3.64. The minimum Gasteiger partial charge on any atom is -0.367 e. The molecule has 17 heavy (non-hydrogen) atoms. The Labute approximate surface area is 102 Å². The Bertz CT molecular complexity index is 443. The maximum absolute atomic E-state index is 9.13. The summed E-state index contributed by atoms with van der Waals surface area (Å²) in [5.41, 5.74) is 2.38. The minimum atomic E-state index is 0.631. The van der Waals surface area contributed by atoms with Crippen LogP contribution in [-0.4, -0.2) is 16.7 Å². The standard InChI is InChI=1S/C13H18N4/c1-9-10(2)16-17-13(12(9)8-14)15-7-6-11-4-3-5-11/h11H,3-7H2,1-2H3,(H,15,17). The highest BCUT2D eigenvalue weighted by Crippen LogP contribution is 2.29. The number of nitrogens with one attached hydrogen (secondary N) is 1. The molecule has 1 aliphatic carbocycles. The zero-order chi connectivity index (χ0) is 12.3. The van der Waals surface area contributed by atoms with Crippen molar-refractivity contribution >= 4 is 5.82 Å². The maximum atomic E-state index is 9.13. The molecule has 1 aromatic heterocycles. The van der Waals surface area contributed by atoms with Crippen molar-refractivity contribution in [3.05, 3.63) is 16.8 Å². The molecule has 0 spiro atoms. The number of anilines is 1. The average molecular weight is 230 g/mol. The summed E-state index contributed by atoms with van der Waals surface area (Å²) in [6.07, 6.45) is 5.24. The lowest BCUT2D eigenvalue weighted by atomic mass is 9.83. The van der Waals surface area contributed by atoms with Crippen LogP contribution in [0.5, 0.6) is 0 Å². The van der Waals surface area contributed by atoms with E-state index in [-0.39, 0.29) is 0 Å². The number of hydrogen-bond acceptors (Lipinski definition) is 4. The molecule has 1 aromatic rings. The van der Waals surface area contributed by atoms with Gasteiger partial charge in [-0.25, -0.2) is 0 Å². The van der Waals surface area contributed by atoms with Crippen molar-refractivity contribution < 1.29 is 0 Å². The Morgan fingerprint density at radius 3 is 2.71 bits per heavy atom. The molecule has 0 bridgehead atoms. The van der Waals surface area contributed by atoms with Gasteiger partial charge < -0.3 is 5.32 Å². The molecule has 0 aromatic carbocycles. The van der Waals surface area contributed by atoms with Crippen LogP contribution in [0, 0.1) is 31.1 Å². The fourth-order valence-corrected chi connectivity index (χ4v) is 2.05. The van der Waals surface area contributed by atoms with Gasteiger partial charge in [0.2, 0.25) is 0 Å². The number of rotatable bonds is 4. The summed E-state index contributed by atoms with van der Waals surface area (Å²) in [7, 11) is 0. The van der Waals surface area contributed by atoms with Crippen molar-refractivity contribution in [1.82, 2.24) is 10.2 Å². The van der Waals surface area contributed by atoms with Gasteiger partial charge in [-0.3, -0.25) is 0 Å². The molecule has 1 fully saturated rings. The quantitative estimate of drug-likeness (QED) is 0.863. The highest BCUT2D eigenvalue weighted by atomic mass is 15.2. The Morgan fingerprint density at radius 2 is 2.12 bits per heavy atom. The second-order valence-electron chi connectivity index (χ2n) is 4.76. The number of nitrogens with zero attached hydrogens (tertiary/aromatic N) is 3. The second kappa shape index (κ2) is 5.13. The third-order valence-corrected chi connectivity index (χ3v) is 3.64. The van der Waals surface area contributed by atoms with E-state index >= 15 is 0 Å². The van der Waals surface area contributed by atoms with E-state index in [1.165, 1.54) is 25.7 Å². The van der Waals surface area contributed by atoms with Crippen LogP contribution in [0.3, 0.4) is 0 Å². The van der Waals surface area contributed by atoms with Gasteiger partial charge in [-0.05, 0) is 31.7 Å². The van der Waals surface area contributed by atoms with Crippen LogP contribution in [0.1, 0.15) is 42.5 Å². The molecule has 4 nitrogen and oxygen atoms in total. The van der Waals surface area contributed by atoms with Crippen molar-refractivity contribution in [1.29, 1.82) is 5.26 Å². The largest absolute Gasteiger partial charge is 0.367 e. The molecule has 0 aliphatic heterocycles. The summed E-state index contributed by atoms with van der Waals surface area (Å²) in [4.78, 5) is 0. The van der Waals surface area contributed by atoms with E-state index < -0.39 is 0 Å². The van der Waals surface area contributed by atoms with Crippen LogP contribution in [0.15, 0.2) is 0 Å². The fourth-order valence-electron chi connectivity index (χ4n) is 2.05. The fraction of sp³-hybridized carbons (Fsp3) is 0.615. The van der Waals surface area contributed by atoms with Gasteiger partial charge in [-0.15, -0.1) is 5.10 Å². The van der Waals surface area contributed by atoms with Crippen molar-refractivity contribution in [2.45, 2.75) is 39.5 Å². The molecular formula is C13H18N4. The Balaban J connectivity index is 2.00. The SMILES string of the molecule is Cc1nnc(NCCC2CCC2)c(C#N)c1C.